The second-order valence-corrected chi connectivity index (χ2v) is 4.47. The van der Waals surface area contributed by atoms with Crippen molar-refractivity contribution in [2.45, 2.75) is 17.6 Å². The molecule has 1 aromatic carbocycles. The van der Waals surface area contributed by atoms with Gasteiger partial charge in [0.1, 0.15) is 0 Å². The third-order valence-corrected chi connectivity index (χ3v) is 3.22. The molecule has 0 N–H and O–H groups in total. The van der Waals surface area contributed by atoms with E-state index in [4.69, 9.17) is 9.47 Å². The fourth-order valence-electron chi connectivity index (χ4n) is 1.35. The summed E-state index contributed by atoms with van der Waals surface area (Å²) in [7, 11) is 3.28. The summed E-state index contributed by atoms with van der Waals surface area (Å²) in [5.74, 6) is 1.07. The molecular formula is C13H18O2S. The van der Waals surface area contributed by atoms with Crippen molar-refractivity contribution in [1.82, 2.24) is 0 Å². The maximum atomic E-state index is 5.18. The van der Waals surface area contributed by atoms with Crippen LogP contribution in [0.4, 0.5) is 0 Å². The number of benzene rings is 1. The third kappa shape index (κ3) is 4.00. The molecule has 0 aliphatic carbocycles. The van der Waals surface area contributed by atoms with Crippen LogP contribution in [-0.4, -0.2) is 20.0 Å². The Kier molecular flexibility index (Phi) is 6.23. The van der Waals surface area contributed by atoms with E-state index in [9.17, 15) is 0 Å². The van der Waals surface area contributed by atoms with Crippen LogP contribution in [0, 0.1) is 0 Å². The Bertz CT molecular complexity index is 304. The number of methoxy groups -OCH3 is 2. The molecule has 0 atom stereocenters. The molecule has 0 fully saturated rings. The Labute approximate surface area is 102 Å². The normalized spacial score (nSPS) is 10.7. The van der Waals surface area contributed by atoms with Gasteiger partial charge in [0, 0.05) is 30.4 Å². The maximum Gasteiger partial charge on any atom is 0.183 e. The number of allylic oxidation sites excluding steroid dienone is 1. The molecule has 1 rings (SSSR count). The molecule has 0 saturated heterocycles. The van der Waals surface area contributed by atoms with E-state index in [1.165, 1.54) is 4.90 Å². The lowest BCUT2D eigenvalue weighted by atomic mass is 10.2. The van der Waals surface area contributed by atoms with Gasteiger partial charge in [-0.2, -0.15) is 0 Å². The fraction of sp³-hybridized carbons (Fsp3) is 0.385. The quantitative estimate of drug-likeness (QED) is 0.313. The van der Waals surface area contributed by atoms with Crippen LogP contribution in [-0.2, 0) is 9.47 Å². The Morgan fingerprint density at radius 2 is 1.88 bits per heavy atom. The predicted octanol–water partition coefficient (Wildman–Crippen LogP) is 3.65. The van der Waals surface area contributed by atoms with Gasteiger partial charge >= 0.3 is 0 Å². The van der Waals surface area contributed by atoms with Gasteiger partial charge in [-0.05, 0) is 18.6 Å². The molecule has 0 saturated carbocycles. The predicted molar refractivity (Wildman–Crippen MR) is 68.7 cm³/mol. The zero-order valence-electron chi connectivity index (χ0n) is 9.81. The van der Waals surface area contributed by atoms with Gasteiger partial charge in [0.25, 0.3) is 0 Å². The van der Waals surface area contributed by atoms with Crippen molar-refractivity contribution in [3.05, 3.63) is 42.5 Å². The van der Waals surface area contributed by atoms with E-state index < -0.39 is 0 Å². The highest BCUT2D eigenvalue weighted by Gasteiger charge is 2.07. The highest BCUT2D eigenvalue weighted by Crippen LogP contribution is 2.23. The third-order valence-electron chi connectivity index (χ3n) is 2.17. The van der Waals surface area contributed by atoms with Crippen molar-refractivity contribution in [3.63, 3.8) is 0 Å². The molecule has 0 amide bonds. The summed E-state index contributed by atoms with van der Waals surface area (Å²) in [4.78, 5) is 1.26. The van der Waals surface area contributed by atoms with Crippen molar-refractivity contribution < 1.29 is 9.47 Å². The van der Waals surface area contributed by atoms with Gasteiger partial charge in [-0.15, -0.1) is 18.3 Å². The highest BCUT2D eigenvalue weighted by molar-refractivity contribution is 7.99. The standard InChI is InChI=1S/C13H18O2S/c1-4-5-10-16-12-8-6-11(7-9-12)13(14-2)15-3/h4,6-9,13H,1,5,10H2,2-3H3. The Morgan fingerprint density at radius 3 is 2.38 bits per heavy atom. The van der Waals surface area contributed by atoms with Crippen LogP contribution in [0.2, 0.25) is 0 Å². The van der Waals surface area contributed by atoms with Crippen LogP contribution in [0.1, 0.15) is 18.3 Å². The molecule has 0 bridgehead atoms. The summed E-state index contributed by atoms with van der Waals surface area (Å²) >= 11 is 1.83. The average molecular weight is 238 g/mol. The van der Waals surface area contributed by atoms with Gasteiger partial charge in [0.05, 0.1) is 0 Å². The molecule has 0 unspecified atom stereocenters. The first-order valence-electron chi connectivity index (χ1n) is 5.21. The SMILES string of the molecule is C=CCCSc1ccc(C(OC)OC)cc1. The topological polar surface area (TPSA) is 18.5 Å². The molecule has 88 valence electrons. The zero-order chi connectivity index (χ0) is 11.8. The number of hydrogen-bond acceptors (Lipinski definition) is 3. The van der Waals surface area contributed by atoms with Crippen LogP contribution in [0.25, 0.3) is 0 Å². The van der Waals surface area contributed by atoms with Gasteiger partial charge in [-0.1, -0.05) is 18.2 Å². The highest BCUT2D eigenvalue weighted by atomic mass is 32.2. The monoisotopic (exact) mass is 238 g/mol. The molecule has 0 radical (unpaired) electrons. The minimum absolute atomic E-state index is 0.271. The molecule has 0 aliphatic rings. The first-order chi connectivity index (χ1) is 7.81. The molecule has 0 spiro atoms. The van der Waals surface area contributed by atoms with E-state index in [1.54, 1.807) is 14.2 Å². The summed E-state index contributed by atoms with van der Waals surface area (Å²) in [6, 6.07) is 8.25. The Morgan fingerprint density at radius 1 is 1.25 bits per heavy atom. The molecule has 1 aromatic rings. The van der Waals surface area contributed by atoms with E-state index in [-0.39, 0.29) is 6.29 Å². The lowest BCUT2D eigenvalue weighted by Crippen LogP contribution is -2.02. The molecule has 0 aromatic heterocycles. The van der Waals surface area contributed by atoms with Crippen molar-refractivity contribution in [1.29, 1.82) is 0 Å². The van der Waals surface area contributed by atoms with Gasteiger partial charge in [-0.3, -0.25) is 0 Å². The van der Waals surface area contributed by atoms with Gasteiger partial charge in [0.15, 0.2) is 6.29 Å². The second kappa shape index (κ2) is 7.49. The summed E-state index contributed by atoms with van der Waals surface area (Å²) in [5, 5.41) is 0. The summed E-state index contributed by atoms with van der Waals surface area (Å²) in [6.07, 6.45) is 2.70. The number of hydrogen-bond donors (Lipinski definition) is 0. The first kappa shape index (κ1) is 13.3. The number of ether oxygens (including phenoxy) is 2. The lowest BCUT2D eigenvalue weighted by molar-refractivity contribution is -0.106. The van der Waals surface area contributed by atoms with Crippen molar-refractivity contribution in [2.24, 2.45) is 0 Å². The molecule has 16 heavy (non-hydrogen) atoms. The van der Waals surface area contributed by atoms with E-state index in [2.05, 4.69) is 18.7 Å². The number of thioether (sulfide) groups is 1. The molecule has 0 aliphatic heterocycles. The van der Waals surface area contributed by atoms with Crippen molar-refractivity contribution in [2.75, 3.05) is 20.0 Å². The van der Waals surface area contributed by atoms with Crippen LogP contribution in [0.5, 0.6) is 0 Å². The summed E-state index contributed by atoms with van der Waals surface area (Å²) < 4.78 is 10.4. The van der Waals surface area contributed by atoms with Crippen LogP contribution < -0.4 is 0 Å². The molecule has 0 heterocycles. The summed E-state index contributed by atoms with van der Waals surface area (Å²) in [6.45, 7) is 3.70. The maximum absolute atomic E-state index is 5.18. The Hall–Kier alpha value is -0.770. The molecule has 3 heteroatoms. The van der Waals surface area contributed by atoms with E-state index >= 15 is 0 Å². The van der Waals surface area contributed by atoms with E-state index in [0.29, 0.717) is 0 Å². The van der Waals surface area contributed by atoms with Gasteiger partial charge < -0.3 is 9.47 Å². The summed E-state index contributed by atoms with van der Waals surface area (Å²) in [5.41, 5.74) is 1.04. The Balaban J connectivity index is 2.56. The number of rotatable bonds is 7. The molecular weight excluding hydrogens is 220 g/mol. The first-order valence-corrected chi connectivity index (χ1v) is 6.19. The van der Waals surface area contributed by atoms with Crippen molar-refractivity contribution in [3.8, 4) is 0 Å². The fourth-order valence-corrected chi connectivity index (χ4v) is 2.20. The van der Waals surface area contributed by atoms with Gasteiger partial charge in [-0.25, -0.2) is 0 Å². The lowest BCUT2D eigenvalue weighted by Gasteiger charge is -2.13. The largest absolute Gasteiger partial charge is 0.352 e. The molecule has 2 nitrogen and oxygen atoms in total. The second-order valence-electron chi connectivity index (χ2n) is 3.30. The van der Waals surface area contributed by atoms with E-state index in [0.717, 1.165) is 17.7 Å². The smallest absolute Gasteiger partial charge is 0.183 e. The minimum atomic E-state index is -0.271. The van der Waals surface area contributed by atoms with Crippen LogP contribution in [0.15, 0.2) is 41.8 Å². The van der Waals surface area contributed by atoms with E-state index in [1.807, 2.05) is 30.0 Å². The zero-order valence-corrected chi connectivity index (χ0v) is 10.6. The van der Waals surface area contributed by atoms with Gasteiger partial charge in [0.2, 0.25) is 0 Å². The van der Waals surface area contributed by atoms with Crippen LogP contribution in [0.3, 0.4) is 0 Å². The average Bonchev–Trinajstić information content (AvgIpc) is 2.33. The minimum Gasteiger partial charge on any atom is -0.352 e. The van der Waals surface area contributed by atoms with Crippen LogP contribution >= 0.6 is 11.8 Å². The van der Waals surface area contributed by atoms with Crippen molar-refractivity contribution >= 4 is 11.8 Å².